The average molecular weight is 337 g/mol. The minimum Gasteiger partial charge on any atom is -0.352 e. The number of aromatic nitrogens is 1. The van der Waals surface area contributed by atoms with E-state index in [0.717, 1.165) is 31.4 Å². The van der Waals surface area contributed by atoms with E-state index in [0.29, 0.717) is 12.1 Å². The zero-order chi connectivity index (χ0) is 17.5. The molecule has 1 aromatic heterocycles. The van der Waals surface area contributed by atoms with Crippen LogP contribution in [0.15, 0.2) is 30.5 Å². The number of hydrogen-bond donors (Lipinski definition) is 2. The van der Waals surface area contributed by atoms with Gasteiger partial charge in [-0.05, 0) is 30.7 Å². The number of hydrogen-bond acceptors (Lipinski definition) is 3. The standard InChI is InChI=1S/C17H18F3N3O/c1-2-3-4-8-22-17(24)11-7-9-21-14(10-11)23-13-6-5-12(18)15(19)16(13)20/h5-7,9-10H,2-4,8H2,1H3,(H,21,23)(H,22,24). The Hall–Kier alpha value is -2.57. The van der Waals surface area contributed by atoms with E-state index in [4.69, 9.17) is 0 Å². The molecule has 2 N–H and O–H groups in total. The Labute approximate surface area is 138 Å². The third-order valence-corrected chi connectivity index (χ3v) is 3.39. The summed E-state index contributed by atoms with van der Waals surface area (Å²) in [5.41, 5.74) is 0.0777. The molecule has 1 aromatic carbocycles. The lowest BCUT2D eigenvalue weighted by atomic mass is 10.2. The lowest BCUT2D eigenvalue weighted by Gasteiger charge is -2.09. The number of nitrogens with zero attached hydrogens (tertiary/aromatic N) is 1. The Morgan fingerprint density at radius 3 is 2.67 bits per heavy atom. The Morgan fingerprint density at radius 2 is 1.92 bits per heavy atom. The Kier molecular flexibility index (Phi) is 6.17. The number of unbranched alkanes of at least 4 members (excludes halogenated alkanes) is 2. The van der Waals surface area contributed by atoms with Crippen molar-refractivity contribution in [2.75, 3.05) is 11.9 Å². The number of rotatable bonds is 7. The Bertz CT molecular complexity index is 722. The number of benzene rings is 1. The summed E-state index contributed by atoms with van der Waals surface area (Å²) in [6.45, 7) is 2.63. The van der Waals surface area contributed by atoms with Crippen molar-refractivity contribution < 1.29 is 18.0 Å². The molecule has 1 amide bonds. The quantitative estimate of drug-likeness (QED) is 0.589. The first-order valence-corrected chi connectivity index (χ1v) is 7.67. The van der Waals surface area contributed by atoms with Gasteiger partial charge in [-0.1, -0.05) is 19.8 Å². The number of nitrogens with one attached hydrogen (secondary N) is 2. The van der Waals surface area contributed by atoms with Crippen LogP contribution in [0.25, 0.3) is 0 Å². The van der Waals surface area contributed by atoms with Gasteiger partial charge in [-0.3, -0.25) is 4.79 Å². The van der Waals surface area contributed by atoms with Gasteiger partial charge < -0.3 is 10.6 Å². The van der Waals surface area contributed by atoms with Crippen LogP contribution in [0, 0.1) is 17.5 Å². The first-order valence-electron chi connectivity index (χ1n) is 7.67. The normalized spacial score (nSPS) is 10.5. The van der Waals surface area contributed by atoms with Crippen molar-refractivity contribution in [3.63, 3.8) is 0 Å². The topological polar surface area (TPSA) is 54.0 Å². The van der Waals surface area contributed by atoms with Crippen LogP contribution >= 0.6 is 0 Å². The number of halogens is 3. The van der Waals surface area contributed by atoms with Gasteiger partial charge in [0.2, 0.25) is 0 Å². The molecule has 0 aliphatic rings. The second kappa shape index (κ2) is 8.33. The molecule has 0 atom stereocenters. The van der Waals surface area contributed by atoms with Crippen molar-refractivity contribution in [3.05, 3.63) is 53.5 Å². The van der Waals surface area contributed by atoms with E-state index in [1.54, 1.807) is 0 Å². The molecule has 0 bridgehead atoms. The fourth-order valence-corrected chi connectivity index (χ4v) is 2.08. The number of carbonyl (C=O) groups excluding carboxylic acids is 1. The Balaban J connectivity index is 2.08. The summed E-state index contributed by atoms with van der Waals surface area (Å²) in [5.74, 6) is -4.30. The summed E-state index contributed by atoms with van der Waals surface area (Å²) >= 11 is 0. The Morgan fingerprint density at radius 1 is 1.12 bits per heavy atom. The molecule has 7 heteroatoms. The lowest BCUT2D eigenvalue weighted by Crippen LogP contribution is -2.24. The number of carbonyl (C=O) groups is 1. The van der Waals surface area contributed by atoms with Gasteiger partial charge in [0.1, 0.15) is 5.82 Å². The SMILES string of the molecule is CCCCCNC(=O)c1ccnc(Nc2ccc(F)c(F)c2F)c1. The molecule has 0 saturated heterocycles. The van der Waals surface area contributed by atoms with E-state index in [1.165, 1.54) is 18.3 Å². The molecular formula is C17H18F3N3O. The lowest BCUT2D eigenvalue weighted by molar-refractivity contribution is 0.0953. The first-order chi connectivity index (χ1) is 11.5. The molecule has 4 nitrogen and oxygen atoms in total. The largest absolute Gasteiger partial charge is 0.352 e. The van der Waals surface area contributed by atoms with Gasteiger partial charge in [-0.2, -0.15) is 0 Å². The van der Waals surface area contributed by atoms with Crippen LogP contribution in [-0.2, 0) is 0 Å². The summed E-state index contributed by atoms with van der Waals surface area (Å²) in [4.78, 5) is 16.0. The van der Waals surface area contributed by atoms with Gasteiger partial charge in [0.05, 0.1) is 5.69 Å². The van der Waals surface area contributed by atoms with E-state index >= 15 is 0 Å². The van der Waals surface area contributed by atoms with Crippen molar-refractivity contribution >= 4 is 17.4 Å². The molecule has 0 unspecified atom stereocenters. The third kappa shape index (κ3) is 4.47. The highest BCUT2D eigenvalue weighted by Crippen LogP contribution is 2.23. The zero-order valence-corrected chi connectivity index (χ0v) is 13.2. The van der Waals surface area contributed by atoms with Crippen LogP contribution in [0.2, 0.25) is 0 Å². The van der Waals surface area contributed by atoms with Crippen LogP contribution in [-0.4, -0.2) is 17.4 Å². The van der Waals surface area contributed by atoms with Crippen LogP contribution in [0.3, 0.4) is 0 Å². The first kappa shape index (κ1) is 17.8. The number of anilines is 2. The van der Waals surface area contributed by atoms with E-state index in [-0.39, 0.29) is 17.4 Å². The maximum Gasteiger partial charge on any atom is 0.251 e. The molecule has 0 aliphatic heterocycles. The molecule has 0 aliphatic carbocycles. The zero-order valence-electron chi connectivity index (χ0n) is 13.2. The van der Waals surface area contributed by atoms with Crippen molar-refractivity contribution in [2.45, 2.75) is 26.2 Å². The van der Waals surface area contributed by atoms with Crippen LogP contribution in [0.4, 0.5) is 24.7 Å². The monoisotopic (exact) mass is 337 g/mol. The second-order valence-corrected chi connectivity index (χ2v) is 5.24. The molecule has 24 heavy (non-hydrogen) atoms. The fourth-order valence-electron chi connectivity index (χ4n) is 2.08. The van der Waals surface area contributed by atoms with Crippen molar-refractivity contribution in [2.24, 2.45) is 0 Å². The van der Waals surface area contributed by atoms with E-state index < -0.39 is 17.5 Å². The minimum atomic E-state index is -1.56. The highest BCUT2D eigenvalue weighted by Gasteiger charge is 2.14. The van der Waals surface area contributed by atoms with Crippen LogP contribution < -0.4 is 10.6 Å². The fraction of sp³-hybridized carbons (Fsp3) is 0.294. The molecule has 0 radical (unpaired) electrons. The van der Waals surface area contributed by atoms with Crippen LogP contribution in [0.5, 0.6) is 0 Å². The summed E-state index contributed by atoms with van der Waals surface area (Å²) in [6, 6.07) is 4.80. The van der Waals surface area contributed by atoms with Gasteiger partial charge in [-0.25, -0.2) is 18.2 Å². The second-order valence-electron chi connectivity index (χ2n) is 5.24. The highest BCUT2D eigenvalue weighted by atomic mass is 19.2. The molecular weight excluding hydrogens is 319 g/mol. The summed E-state index contributed by atoms with van der Waals surface area (Å²) in [5, 5.41) is 5.31. The van der Waals surface area contributed by atoms with Gasteiger partial charge in [0.15, 0.2) is 17.5 Å². The minimum absolute atomic E-state index is 0.154. The van der Waals surface area contributed by atoms with E-state index in [2.05, 4.69) is 22.5 Å². The predicted molar refractivity (Wildman–Crippen MR) is 85.7 cm³/mol. The molecule has 2 aromatic rings. The molecule has 0 spiro atoms. The molecule has 0 saturated carbocycles. The number of pyridine rings is 1. The van der Waals surface area contributed by atoms with Crippen molar-refractivity contribution in [1.82, 2.24) is 10.3 Å². The number of amides is 1. The van der Waals surface area contributed by atoms with Gasteiger partial charge in [0, 0.05) is 18.3 Å². The predicted octanol–water partition coefficient (Wildman–Crippen LogP) is 4.16. The average Bonchev–Trinajstić information content (AvgIpc) is 2.59. The van der Waals surface area contributed by atoms with Gasteiger partial charge in [-0.15, -0.1) is 0 Å². The van der Waals surface area contributed by atoms with Gasteiger partial charge in [0.25, 0.3) is 5.91 Å². The smallest absolute Gasteiger partial charge is 0.251 e. The van der Waals surface area contributed by atoms with Crippen molar-refractivity contribution in [3.8, 4) is 0 Å². The molecule has 2 rings (SSSR count). The molecule has 1 heterocycles. The van der Waals surface area contributed by atoms with E-state index in [9.17, 15) is 18.0 Å². The van der Waals surface area contributed by atoms with Gasteiger partial charge >= 0.3 is 0 Å². The maximum absolute atomic E-state index is 13.7. The third-order valence-electron chi connectivity index (χ3n) is 3.39. The maximum atomic E-state index is 13.7. The van der Waals surface area contributed by atoms with Crippen molar-refractivity contribution in [1.29, 1.82) is 0 Å². The van der Waals surface area contributed by atoms with Crippen LogP contribution in [0.1, 0.15) is 36.5 Å². The highest BCUT2D eigenvalue weighted by molar-refractivity contribution is 5.94. The summed E-state index contributed by atoms with van der Waals surface area (Å²) in [7, 11) is 0. The summed E-state index contributed by atoms with van der Waals surface area (Å²) < 4.78 is 39.8. The molecule has 128 valence electrons. The molecule has 0 fully saturated rings. The van der Waals surface area contributed by atoms with E-state index in [1.807, 2.05) is 0 Å². The summed E-state index contributed by atoms with van der Waals surface area (Å²) in [6.07, 6.45) is 4.34.